The molecule has 0 aliphatic rings. The molecule has 17 heavy (non-hydrogen) atoms. The summed E-state index contributed by atoms with van der Waals surface area (Å²) in [5.41, 5.74) is 7.70. The van der Waals surface area contributed by atoms with Crippen molar-refractivity contribution in [1.29, 1.82) is 0 Å². The Labute approximate surface area is 107 Å². The second kappa shape index (κ2) is 4.00. The Hall–Kier alpha value is -1.06. The molecule has 0 saturated carbocycles. The van der Waals surface area contributed by atoms with E-state index in [2.05, 4.69) is 23.4 Å². The van der Waals surface area contributed by atoms with E-state index in [1.54, 1.807) is 0 Å². The first-order valence-corrected chi connectivity index (χ1v) is 6.15. The van der Waals surface area contributed by atoms with Crippen LogP contribution in [-0.2, 0) is 5.54 Å². The molecule has 2 rings (SSSR count). The second-order valence-electron chi connectivity index (χ2n) is 5.25. The molecular weight excluding hydrogens is 234 g/mol. The Morgan fingerprint density at radius 1 is 1.35 bits per heavy atom. The maximum absolute atomic E-state index is 6.18. The summed E-state index contributed by atoms with van der Waals surface area (Å²) in [5, 5.41) is 0.723. The summed E-state index contributed by atoms with van der Waals surface area (Å²) in [7, 11) is 0. The van der Waals surface area contributed by atoms with E-state index in [1.165, 1.54) is 0 Å². The fraction of sp³-hybridized carbons (Fsp3) is 0.462. The highest BCUT2D eigenvalue weighted by molar-refractivity contribution is 6.31. The summed E-state index contributed by atoms with van der Waals surface area (Å²) < 4.78 is 2.15. The third-order valence-electron chi connectivity index (χ3n) is 2.74. The maximum Gasteiger partial charge on any atom is 0.129 e. The first-order valence-electron chi connectivity index (χ1n) is 5.77. The van der Waals surface area contributed by atoms with Crippen LogP contribution in [-0.4, -0.2) is 9.55 Å². The largest absolute Gasteiger partial charge is 0.324 e. The van der Waals surface area contributed by atoms with E-state index in [0.717, 1.165) is 21.9 Å². The van der Waals surface area contributed by atoms with Crippen LogP contribution in [0.5, 0.6) is 0 Å². The van der Waals surface area contributed by atoms with Gasteiger partial charge < -0.3 is 10.3 Å². The summed E-state index contributed by atoms with van der Waals surface area (Å²) in [5.74, 6) is 0.893. The van der Waals surface area contributed by atoms with E-state index in [0.29, 0.717) is 6.04 Å². The Bertz CT molecular complexity index is 550. The van der Waals surface area contributed by atoms with Gasteiger partial charge in [0.2, 0.25) is 0 Å². The number of fused-ring (bicyclic) bond motifs is 1. The number of nitrogens with zero attached hydrogens (tertiary/aromatic N) is 2. The zero-order valence-electron chi connectivity index (χ0n) is 10.7. The van der Waals surface area contributed by atoms with Crippen LogP contribution in [0.4, 0.5) is 0 Å². The number of benzene rings is 1. The zero-order chi connectivity index (χ0) is 12.8. The van der Waals surface area contributed by atoms with Gasteiger partial charge in [-0.2, -0.15) is 0 Å². The third kappa shape index (κ3) is 2.17. The van der Waals surface area contributed by atoms with E-state index in [1.807, 2.05) is 32.0 Å². The molecular formula is C13H18ClN3. The zero-order valence-corrected chi connectivity index (χ0v) is 11.4. The number of aromatic nitrogens is 2. The van der Waals surface area contributed by atoms with Gasteiger partial charge in [0.25, 0.3) is 0 Å². The van der Waals surface area contributed by atoms with Crippen LogP contribution >= 0.6 is 11.6 Å². The van der Waals surface area contributed by atoms with Crippen molar-refractivity contribution in [2.45, 2.75) is 39.3 Å². The topological polar surface area (TPSA) is 43.8 Å². The van der Waals surface area contributed by atoms with Crippen LogP contribution in [0.25, 0.3) is 11.0 Å². The molecule has 0 spiro atoms. The molecule has 3 nitrogen and oxygen atoms in total. The van der Waals surface area contributed by atoms with Crippen molar-refractivity contribution in [2.24, 2.45) is 5.73 Å². The predicted molar refractivity (Wildman–Crippen MR) is 72.3 cm³/mol. The van der Waals surface area contributed by atoms with Crippen LogP contribution in [0.2, 0.25) is 5.02 Å². The molecule has 1 aromatic heterocycles. The van der Waals surface area contributed by atoms with Gasteiger partial charge in [-0.15, -0.1) is 0 Å². The smallest absolute Gasteiger partial charge is 0.129 e. The second-order valence-corrected chi connectivity index (χ2v) is 5.69. The molecule has 2 N–H and O–H groups in total. The predicted octanol–water partition coefficient (Wildman–Crippen LogP) is 3.46. The van der Waals surface area contributed by atoms with Crippen molar-refractivity contribution in [1.82, 2.24) is 9.55 Å². The van der Waals surface area contributed by atoms with Crippen molar-refractivity contribution in [3.8, 4) is 0 Å². The minimum atomic E-state index is -0.463. The standard InChI is InChI=1S/C13H18ClN3/c1-8(2)17-11-7-9(14)5-6-10(11)16-12(17)13(3,4)15/h5-8H,15H2,1-4H3. The molecule has 0 fully saturated rings. The Morgan fingerprint density at radius 2 is 2.00 bits per heavy atom. The molecule has 92 valence electrons. The lowest BCUT2D eigenvalue weighted by Crippen LogP contribution is -2.33. The molecule has 1 aromatic carbocycles. The van der Waals surface area contributed by atoms with E-state index in [9.17, 15) is 0 Å². The highest BCUT2D eigenvalue weighted by Crippen LogP contribution is 2.28. The van der Waals surface area contributed by atoms with Crippen molar-refractivity contribution in [2.75, 3.05) is 0 Å². The number of hydrogen-bond acceptors (Lipinski definition) is 2. The fourth-order valence-electron chi connectivity index (χ4n) is 2.04. The molecule has 0 aliphatic carbocycles. The first-order chi connectivity index (χ1) is 7.80. The Morgan fingerprint density at radius 3 is 2.53 bits per heavy atom. The molecule has 0 radical (unpaired) electrons. The normalized spacial score (nSPS) is 12.6. The lowest BCUT2D eigenvalue weighted by atomic mass is 10.1. The van der Waals surface area contributed by atoms with Gasteiger partial charge in [-0.05, 0) is 45.9 Å². The third-order valence-corrected chi connectivity index (χ3v) is 2.98. The van der Waals surface area contributed by atoms with Crippen molar-refractivity contribution < 1.29 is 0 Å². The van der Waals surface area contributed by atoms with E-state index >= 15 is 0 Å². The lowest BCUT2D eigenvalue weighted by Gasteiger charge is -2.22. The van der Waals surface area contributed by atoms with Crippen LogP contribution in [0.1, 0.15) is 39.6 Å². The van der Waals surface area contributed by atoms with Gasteiger partial charge in [0.15, 0.2) is 0 Å². The van der Waals surface area contributed by atoms with Gasteiger partial charge in [-0.3, -0.25) is 0 Å². The number of halogens is 1. The van der Waals surface area contributed by atoms with Crippen molar-refractivity contribution >= 4 is 22.6 Å². The van der Waals surface area contributed by atoms with Gasteiger partial charge in [0.05, 0.1) is 16.6 Å². The van der Waals surface area contributed by atoms with E-state index in [4.69, 9.17) is 17.3 Å². The summed E-state index contributed by atoms with van der Waals surface area (Å²) in [6.45, 7) is 8.18. The number of nitrogens with two attached hydrogens (primary N) is 1. The molecule has 0 saturated heterocycles. The Balaban J connectivity index is 2.81. The summed E-state index contributed by atoms with van der Waals surface area (Å²) >= 11 is 6.05. The molecule has 0 unspecified atom stereocenters. The quantitative estimate of drug-likeness (QED) is 0.888. The molecule has 0 aliphatic heterocycles. The fourth-order valence-corrected chi connectivity index (χ4v) is 2.21. The average Bonchev–Trinajstić information content (AvgIpc) is 2.55. The number of hydrogen-bond donors (Lipinski definition) is 1. The molecule has 0 atom stereocenters. The number of rotatable bonds is 2. The lowest BCUT2D eigenvalue weighted by molar-refractivity contribution is 0.457. The van der Waals surface area contributed by atoms with Crippen LogP contribution in [0.3, 0.4) is 0 Å². The minimum Gasteiger partial charge on any atom is -0.324 e. The number of imidazole rings is 1. The molecule has 0 amide bonds. The van der Waals surface area contributed by atoms with E-state index in [-0.39, 0.29) is 0 Å². The highest BCUT2D eigenvalue weighted by Gasteiger charge is 2.24. The monoisotopic (exact) mass is 251 g/mol. The van der Waals surface area contributed by atoms with Gasteiger partial charge in [-0.25, -0.2) is 4.98 Å². The minimum absolute atomic E-state index is 0.302. The van der Waals surface area contributed by atoms with Crippen molar-refractivity contribution in [3.05, 3.63) is 29.0 Å². The van der Waals surface area contributed by atoms with Gasteiger partial charge in [0.1, 0.15) is 5.82 Å². The SMILES string of the molecule is CC(C)n1c(C(C)(C)N)nc2ccc(Cl)cc21. The van der Waals surface area contributed by atoms with E-state index < -0.39 is 5.54 Å². The summed E-state index contributed by atoms with van der Waals surface area (Å²) in [4.78, 5) is 4.63. The summed E-state index contributed by atoms with van der Waals surface area (Å²) in [6.07, 6.45) is 0. The highest BCUT2D eigenvalue weighted by atomic mass is 35.5. The maximum atomic E-state index is 6.18. The molecule has 4 heteroatoms. The molecule has 0 bridgehead atoms. The van der Waals surface area contributed by atoms with Gasteiger partial charge >= 0.3 is 0 Å². The van der Waals surface area contributed by atoms with Gasteiger partial charge in [-0.1, -0.05) is 11.6 Å². The van der Waals surface area contributed by atoms with Crippen LogP contribution < -0.4 is 5.73 Å². The summed E-state index contributed by atoms with van der Waals surface area (Å²) in [6, 6.07) is 6.04. The first kappa shape index (κ1) is 12.4. The van der Waals surface area contributed by atoms with Gasteiger partial charge in [0, 0.05) is 11.1 Å². The molecule has 1 heterocycles. The molecule has 2 aromatic rings. The van der Waals surface area contributed by atoms with Crippen molar-refractivity contribution in [3.63, 3.8) is 0 Å². The average molecular weight is 252 g/mol. The van der Waals surface area contributed by atoms with Crippen LogP contribution in [0, 0.1) is 0 Å². The Kier molecular flexibility index (Phi) is 2.92. The van der Waals surface area contributed by atoms with Crippen LogP contribution in [0.15, 0.2) is 18.2 Å².